The minimum absolute atomic E-state index is 0.113. The van der Waals surface area contributed by atoms with Crippen LogP contribution in [0.4, 0.5) is 0 Å². The van der Waals surface area contributed by atoms with E-state index in [1.165, 1.54) is 0 Å². The standard InChI is InChI=1S/C17H16N2O2S/c1-11(2)9-16(20)18-10-12-7-8-14(21-12)17-19-13-5-3-4-6-15(13)22-17/h3-9H,10H2,1-2H3,(H,18,20). The van der Waals surface area contributed by atoms with E-state index in [2.05, 4.69) is 10.3 Å². The molecule has 3 rings (SSSR count). The minimum Gasteiger partial charge on any atom is -0.457 e. The fourth-order valence-corrected chi connectivity index (χ4v) is 2.98. The van der Waals surface area contributed by atoms with Crippen molar-refractivity contribution in [2.45, 2.75) is 20.4 Å². The molecule has 0 spiro atoms. The summed E-state index contributed by atoms with van der Waals surface area (Å²) in [4.78, 5) is 16.1. The fraction of sp³-hybridized carbons (Fsp3) is 0.176. The van der Waals surface area contributed by atoms with Gasteiger partial charge in [-0.1, -0.05) is 17.7 Å². The monoisotopic (exact) mass is 312 g/mol. The van der Waals surface area contributed by atoms with E-state index < -0.39 is 0 Å². The van der Waals surface area contributed by atoms with Gasteiger partial charge in [0.2, 0.25) is 5.91 Å². The number of aromatic nitrogens is 1. The molecule has 22 heavy (non-hydrogen) atoms. The molecule has 2 aromatic heterocycles. The molecule has 1 N–H and O–H groups in total. The van der Waals surface area contributed by atoms with Gasteiger partial charge in [0.15, 0.2) is 10.8 Å². The van der Waals surface area contributed by atoms with Crippen LogP contribution in [-0.4, -0.2) is 10.9 Å². The van der Waals surface area contributed by atoms with E-state index in [4.69, 9.17) is 4.42 Å². The molecule has 1 amide bonds. The Kier molecular flexibility index (Phi) is 4.06. The summed E-state index contributed by atoms with van der Waals surface area (Å²) in [7, 11) is 0. The van der Waals surface area contributed by atoms with Crippen LogP contribution in [0.25, 0.3) is 21.0 Å². The molecule has 0 fully saturated rings. The number of nitrogens with zero attached hydrogens (tertiary/aromatic N) is 1. The predicted molar refractivity (Wildman–Crippen MR) is 88.6 cm³/mol. The lowest BCUT2D eigenvalue weighted by Gasteiger charge is -1.99. The zero-order valence-corrected chi connectivity index (χ0v) is 13.2. The first kappa shape index (κ1) is 14.5. The van der Waals surface area contributed by atoms with Crippen LogP contribution >= 0.6 is 11.3 Å². The molecular formula is C17H16N2O2S. The number of carbonyl (C=O) groups excluding carboxylic acids is 1. The third-order valence-corrected chi connectivity index (χ3v) is 4.07. The second kappa shape index (κ2) is 6.15. The van der Waals surface area contributed by atoms with Gasteiger partial charge in [0.05, 0.1) is 16.8 Å². The van der Waals surface area contributed by atoms with Gasteiger partial charge in [-0.2, -0.15) is 0 Å². The van der Waals surface area contributed by atoms with Crippen LogP contribution in [0.1, 0.15) is 19.6 Å². The second-order valence-electron chi connectivity index (χ2n) is 5.19. The first-order valence-corrected chi connectivity index (χ1v) is 7.81. The highest BCUT2D eigenvalue weighted by Crippen LogP contribution is 2.30. The summed E-state index contributed by atoms with van der Waals surface area (Å²) in [6.45, 7) is 4.14. The van der Waals surface area contributed by atoms with Crippen molar-refractivity contribution in [1.29, 1.82) is 0 Å². The Labute approximate surface area is 132 Å². The molecule has 0 saturated heterocycles. The number of carbonyl (C=O) groups is 1. The summed E-state index contributed by atoms with van der Waals surface area (Å²) < 4.78 is 6.90. The first-order valence-electron chi connectivity index (χ1n) is 6.99. The Morgan fingerprint density at radius 1 is 1.27 bits per heavy atom. The van der Waals surface area contributed by atoms with Crippen LogP contribution in [-0.2, 0) is 11.3 Å². The van der Waals surface area contributed by atoms with Gasteiger partial charge in [0, 0.05) is 6.08 Å². The number of rotatable bonds is 4. The fourth-order valence-electron chi connectivity index (χ4n) is 2.05. The summed E-state index contributed by atoms with van der Waals surface area (Å²) in [6, 6.07) is 11.7. The minimum atomic E-state index is -0.113. The van der Waals surface area contributed by atoms with Gasteiger partial charge >= 0.3 is 0 Å². The van der Waals surface area contributed by atoms with Crippen molar-refractivity contribution in [1.82, 2.24) is 10.3 Å². The predicted octanol–water partition coefficient (Wildman–Crippen LogP) is 4.14. The molecule has 0 aliphatic carbocycles. The zero-order valence-electron chi connectivity index (χ0n) is 12.4. The van der Waals surface area contributed by atoms with Crippen LogP contribution in [0, 0.1) is 0 Å². The van der Waals surface area contributed by atoms with Gasteiger partial charge < -0.3 is 9.73 Å². The summed E-state index contributed by atoms with van der Waals surface area (Å²) >= 11 is 1.59. The topological polar surface area (TPSA) is 55.1 Å². The number of nitrogens with one attached hydrogen (secondary N) is 1. The van der Waals surface area contributed by atoms with Crippen LogP contribution < -0.4 is 5.32 Å². The van der Waals surface area contributed by atoms with Gasteiger partial charge in [-0.15, -0.1) is 11.3 Å². The van der Waals surface area contributed by atoms with E-state index in [1.54, 1.807) is 17.4 Å². The van der Waals surface area contributed by atoms with Crippen LogP contribution in [0.5, 0.6) is 0 Å². The maximum Gasteiger partial charge on any atom is 0.244 e. The summed E-state index contributed by atoms with van der Waals surface area (Å²) in [6.07, 6.45) is 1.57. The number of allylic oxidation sites excluding steroid dienone is 1. The van der Waals surface area contributed by atoms with Crippen molar-refractivity contribution in [2.75, 3.05) is 0 Å². The average molecular weight is 312 g/mol. The van der Waals surface area contributed by atoms with E-state index in [1.807, 2.05) is 50.2 Å². The summed E-state index contributed by atoms with van der Waals surface area (Å²) in [5.74, 6) is 1.33. The van der Waals surface area contributed by atoms with E-state index in [-0.39, 0.29) is 5.91 Å². The molecule has 0 aliphatic rings. The molecule has 0 aliphatic heterocycles. The Morgan fingerprint density at radius 2 is 2.09 bits per heavy atom. The first-order chi connectivity index (χ1) is 10.6. The van der Waals surface area contributed by atoms with E-state index in [0.717, 1.165) is 26.6 Å². The maximum atomic E-state index is 11.6. The number of para-hydroxylation sites is 1. The van der Waals surface area contributed by atoms with Gasteiger partial charge in [0.1, 0.15) is 5.76 Å². The molecule has 1 aromatic carbocycles. The number of fused-ring (bicyclic) bond motifs is 1. The number of thiazole rings is 1. The Balaban J connectivity index is 1.73. The molecule has 3 aromatic rings. The summed E-state index contributed by atoms with van der Waals surface area (Å²) in [5, 5.41) is 3.65. The lowest BCUT2D eigenvalue weighted by atomic mass is 10.3. The molecule has 0 bridgehead atoms. The Bertz CT molecular complexity index is 808. The largest absolute Gasteiger partial charge is 0.457 e. The normalized spacial score (nSPS) is 10.6. The SMILES string of the molecule is CC(C)=CC(=O)NCc1ccc(-c2nc3ccccc3s2)o1. The van der Waals surface area contributed by atoms with Crippen LogP contribution in [0.3, 0.4) is 0 Å². The number of benzene rings is 1. The molecule has 112 valence electrons. The van der Waals surface area contributed by atoms with Gasteiger partial charge in [-0.3, -0.25) is 4.79 Å². The number of hydrogen-bond donors (Lipinski definition) is 1. The third-order valence-electron chi connectivity index (χ3n) is 3.02. The second-order valence-corrected chi connectivity index (χ2v) is 6.22. The van der Waals surface area contributed by atoms with Crippen molar-refractivity contribution in [3.05, 3.63) is 53.8 Å². The highest BCUT2D eigenvalue weighted by molar-refractivity contribution is 7.21. The molecule has 0 radical (unpaired) electrons. The van der Waals surface area contributed by atoms with Gasteiger partial charge in [-0.05, 0) is 38.1 Å². The average Bonchev–Trinajstić information content (AvgIpc) is 3.10. The van der Waals surface area contributed by atoms with Crippen molar-refractivity contribution in [3.8, 4) is 10.8 Å². The lowest BCUT2D eigenvalue weighted by molar-refractivity contribution is -0.116. The molecule has 5 heteroatoms. The highest BCUT2D eigenvalue weighted by atomic mass is 32.1. The van der Waals surface area contributed by atoms with E-state index >= 15 is 0 Å². The third kappa shape index (κ3) is 3.26. The van der Waals surface area contributed by atoms with Crippen molar-refractivity contribution in [2.24, 2.45) is 0 Å². The van der Waals surface area contributed by atoms with Crippen molar-refractivity contribution < 1.29 is 9.21 Å². The quantitative estimate of drug-likeness (QED) is 0.737. The van der Waals surface area contributed by atoms with Gasteiger partial charge in [-0.25, -0.2) is 4.98 Å². The maximum absolute atomic E-state index is 11.6. The zero-order chi connectivity index (χ0) is 15.5. The smallest absolute Gasteiger partial charge is 0.244 e. The molecule has 4 nitrogen and oxygen atoms in total. The summed E-state index contributed by atoms with van der Waals surface area (Å²) in [5.41, 5.74) is 1.93. The molecule has 0 unspecified atom stereocenters. The molecule has 0 saturated carbocycles. The highest BCUT2D eigenvalue weighted by Gasteiger charge is 2.10. The molecular weight excluding hydrogens is 296 g/mol. The number of furan rings is 1. The van der Waals surface area contributed by atoms with Crippen molar-refractivity contribution in [3.63, 3.8) is 0 Å². The Hall–Kier alpha value is -2.40. The van der Waals surface area contributed by atoms with Gasteiger partial charge in [0.25, 0.3) is 0 Å². The lowest BCUT2D eigenvalue weighted by Crippen LogP contribution is -2.20. The number of hydrogen-bond acceptors (Lipinski definition) is 4. The van der Waals surface area contributed by atoms with Crippen LogP contribution in [0.2, 0.25) is 0 Å². The van der Waals surface area contributed by atoms with E-state index in [0.29, 0.717) is 12.3 Å². The van der Waals surface area contributed by atoms with Crippen molar-refractivity contribution >= 4 is 27.5 Å². The number of amides is 1. The molecule has 0 atom stereocenters. The molecule has 2 heterocycles. The Morgan fingerprint density at radius 3 is 2.86 bits per heavy atom. The van der Waals surface area contributed by atoms with Crippen LogP contribution in [0.15, 0.2) is 52.5 Å². The van der Waals surface area contributed by atoms with E-state index in [9.17, 15) is 4.79 Å².